The van der Waals surface area contributed by atoms with Gasteiger partial charge in [0.1, 0.15) is 11.6 Å². The first-order chi connectivity index (χ1) is 5.20. The van der Waals surface area contributed by atoms with Crippen LogP contribution >= 0.6 is 0 Å². The van der Waals surface area contributed by atoms with Gasteiger partial charge in [0.2, 0.25) is 0 Å². The second kappa shape index (κ2) is 4.23. The second-order valence-corrected chi connectivity index (χ2v) is 1.67. The fourth-order valence-corrected chi connectivity index (χ4v) is 0.502. The molecule has 1 aromatic rings. The highest BCUT2D eigenvalue weighted by atomic mass is 19.1. The van der Waals surface area contributed by atoms with E-state index < -0.39 is 11.6 Å². The molecule has 0 radical (unpaired) electrons. The van der Waals surface area contributed by atoms with Crippen molar-refractivity contribution >= 4 is 5.69 Å². The highest BCUT2D eigenvalue weighted by molar-refractivity contribution is 5.38. The molecule has 0 spiro atoms. The summed E-state index contributed by atoms with van der Waals surface area (Å²) in [5.74, 6) is -1.32. The van der Waals surface area contributed by atoms with E-state index in [1.807, 2.05) is 0 Å². The zero-order valence-corrected chi connectivity index (χ0v) is 5.59. The van der Waals surface area contributed by atoms with Gasteiger partial charge in [-0.1, -0.05) is 0 Å². The van der Waals surface area contributed by atoms with Crippen LogP contribution in [0.15, 0.2) is 18.2 Å². The molecule has 0 saturated carbocycles. The Bertz CT molecular complexity index is 258. The molecule has 0 bridgehead atoms. The molecule has 0 fully saturated rings. The number of anilines is 1. The lowest BCUT2D eigenvalue weighted by molar-refractivity contribution is 0.586. The number of hydrogen-bond acceptors (Lipinski definition) is 2. The van der Waals surface area contributed by atoms with Gasteiger partial charge in [-0.3, -0.25) is 0 Å². The molecule has 0 aliphatic rings. The summed E-state index contributed by atoms with van der Waals surface area (Å²) in [6, 6.07) is 3.04. The lowest BCUT2D eigenvalue weighted by Crippen LogP contribution is -1.89. The molecule has 2 N–H and O–H groups in total. The molecule has 0 aromatic heterocycles. The van der Waals surface area contributed by atoms with E-state index in [1.165, 1.54) is 6.07 Å². The standard InChI is InChI=1S/C6H5F2N.CHN/c7-4-1-2-6(9)5(8)3-4;1-2/h1-3H,9H2;1H. The van der Waals surface area contributed by atoms with Crippen molar-refractivity contribution in [2.75, 3.05) is 5.73 Å². The molecular weight excluding hydrogens is 150 g/mol. The predicted molar refractivity (Wildman–Crippen MR) is 37.4 cm³/mol. The van der Waals surface area contributed by atoms with Crippen LogP contribution in [0.2, 0.25) is 0 Å². The number of halogens is 2. The fourth-order valence-electron chi connectivity index (χ4n) is 0.502. The van der Waals surface area contributed by atoms with Gasteiger partial charge in [0.05, 0.1) is 5.69 Å². The van der Waals surface area contributed by atoms with Crippen molar-refractivity contribution in [2.45, 2.75) is 0 Å². The maximum Gasteiger partial charge on any atom is 0.148 e. The van der Waals surface area contributed by atoms with Gasteiger partial charge in [-0.15, -0.1) is 0 Å². The maximum absolute atomic E-state index is 12.2. The molecule has 2 nitrogen and oxygen atoms in total. The number of nitrogen functional groups attached to an aromatic ring is 1. The quantitative estimate of drug-likeness (QED) is 0.581. The first kappa shape index (κ1) is 9.37. The summed E-state index contributed by atoms with van der Waals surface area (Å²) >= 11 is 0. The zero-order chi connectivity index (χ0) is 8.85. The van der Waals surface area contributed by atoms with Crippen molar-refractivity contribution in [3.05, 3.63) is 29.8 Å². The molecule has 1 rings (SSSR count). The lowest BCUT2D eigenvalue weighted by atomic mass is 10.3. The smallest absolute Gasteiger partial charge is 0.148 e. The summed E-state index contributed by atoms with van der Waals surface area (Å²) < 4.78 is 24.3. The number of hydrogen-bond donors (Lipinski definition) is 1. The monoisotopic (exact) mass is 156 g/mol. The van der Waals surface area contributed by atoms with Gasteiger partial charge in [-0.25, -0.2) is 14.0 Å². The number of nitrogens with zero attached hydrogens (tertiary/aromatic N) is 1. The molecular formula is C7H6F2N2. The van der Waals surface area contributed by atoms with E-state index in [-0.39, 0.29) is 5.69 Å². The molecule has 0 amide bonds. The fraction of sp³-hybridized carbons (Fsp3) is 0. The van der Waals surface area contributed by atoms with E-state index in [4.69, 9.17) is 11.0 Å². The summed E-state index contributed by atoms with van der Waals surface area (Å²) in [6.45, 7) is 3.50. The van der Waals surface area contributed by atoms with E-state index >= 15 is 0 Å². The molecule has 0 aliphatic carbocycles. The summed E-state index contributed by atoms with van der Waals surface area (Å²) in [4.78, 5) is 0. The topological polar surface area (TPSA) is 49.8 Å². The van der Waals surface area contributed by atoms with E-state index in [0.717, 1.165) is 12.1 Å². The second-order valence-electron chi connectivity index (χ2n) is 1.67. The maximum atomic E-state index is 12.2. The van der Waals surface area contributed by atoms with Crippen LogP contribution in [0.25, 0.3) is 0 Å². The van der Waals surface area contributed by atoms with Gasteiger partial charge in [0, 0.05) is 12.6 Å². The van der Waals surface area contributed by atoms with Crippen LogP contribution in [0, 0.1) is 23.5 Å². The van der Waals surface area contributed by atoms with E-state index in [1.54, 1.807) is 0 Å². The van der Waals surface area contributed by atoms with E-state index in [2.05, 4.69) is 6.57 Å². The first-order valence-corrected chi connectivity index (χ1v) is 2.66. The number of benzene rings is 1. The van der Waals surface area contributed by atoms with Crippen LogP contribution in [-0.4, -0.2) is 0 Å². The van der Waals surface area contributed by atoms with Crippen molar-refractivity contribution in [3.63, 3.8) is 0 Å². The van der Waals surface area contributed by atoms with E-state index in [0.29, 0.717) is 0 Å². The van der Waals surface area contributed by atoms with Crippen LogP contribution in [0.1, 0.15) is 0 Å². The molecule has 0 atom stereocenters. The van der Waals surface area contributed by atoms with Gasteiger partial charge in [0.25, 0.3) is 0 Å². The lowest BCUT2D eigenvalue weighted by Gasteiger charge is -1.92. The Kier molecular flexibility index (Phi) is 3.60. The molecule has 0 unspecified atom stereocenters. The van der Waals surface area contributed by atoms with Crippen LogP contribution < -0.4 is 5.73 Å². The summed E-state index contributed by atoms with van der Waals surface area (Å²) in [6.07, 6.45) is 0. The van der Waals surface area contributed by atoms with Crippen LogP contribution in [0.3, 0.4) is 0 Å². The van der Waals surface area contributed by atoms with E-state index in [9.17, 15) is 8.78 Å². The molecule has 58 valence electrons. The Labute approximate surface area is 62.9 Å². The van der Waals surface area contributed by atoms with Crippen molar-refractivity contribution in [1.82, 2.24) is 0 Å². The highest BCUT2D eigenvalue weighted by Crippen LogP contribution is 2.09. The summed E-state index contributed by atoms with van der Waals surface area (Å²) in [5, 5.41) is 6.50. The number of nitriles is 1. The average molecular weight is 156 g/mol. The average Bonchev–Trinajstić information content (AvgIpc) is 2.02. The Morgan fingerprint density at radius 3 is 2.18 bits per heavy atom. The molecule has 0 saturated heterocycles. The molecule has 0 heterocycles. The highest BCUT2D eigenvalue weighted by Gasteiger charge is 1.96. The van der Waals surface area contributed by atoms with Gasteiger partial charge in [-0.2, -0.15) is 0 Å². The third-order valence-corrected chi connectivity index (χ3v) is 0.962. The minimum atomic E-state index is -0.713. The van der Waals surface area contributed by atoms with Crippen LogP contribution in [-0.2, 0) is 0 Å². The minimum Gasteiger partial charge on any atom is -0.396 e. The van der Waals surface area contributed by atoms with Gasteiger partial charge < -0.3 is 5.73 Å². The van der Waals surface area contributed by atoms with Gasteiger partial charge in [0.15, 0.2) is 0 Å². The van der Waals surface area contributed by atoms with Gasteiger partial charge in [-0.05, 0) is 12.1 Å². The Morgan fingerprint density at radius 2 is 1.82 bits per heavy atom. The SMILES string of the molecule is C#N.Nc1ccc(F)cc1F. The van der Waals surface area contributed by atoms with Crippen LogP contribution in [0.5, 0.6) is 0 Å². The van der Waals surface area contributed by atoms with Crippen LogP contribution in [0.4, 0.5) is 14.5 Å². The third-order valence-electron chi connectivity index (χ3n) is 0.962. The number of rotatable bonds is 0. The molecule has 11 heavy (non-hydrogen) atoms. The molecule has 0 aliphatic heterocycles. The minimum absolute atomic E-state index is 0.0311. The van der Waals surface area contributed by atoms with Crippen molar-refractivity contribution in [2.24, 2.45) is 0 Å². The predicted octanol–water partition coefficient (Wildman–Crippen LogP) is 1.69. The number of nitrogens with two attached hydrogens (primary N) is 1. The third kappa shape index (κ3) is 2.63. The zero-order valence-electron chi connectivity index (χ0n) is 5.59. The molecule has 1 aromatic carbocycles. The first-order valence-electron chi connectivity index (χ1n) is 2.66. The Balaban J connectivity index is 0.000000461. The van der Waals surface area contributed by atoms with Crippen molar-refractivity contribution in [3.8, 4) is 6.57 Å². The largest absolute Gasteiger partial charge is 0.396 e. The Hall–Kier alpha value is -1.63. The molecule has 4 heteroatoms. The normalized spacial score (nSPS) is 8.00. The summed E-state index contributed by atoms with van der Waals surface area (Å²) in [5.41, 5.74) is 5.02. The van der Waals surface area contributed by atoms with Gasteiger partial charge >= 0.3 is 0 Å². The van der Waals surface area contributed by atoms with Crippen molar-refractivity contribution in [1.29, 1.82) is 5.26 Å². The summed E-state index contributed by atoms with van der Waals surface area (Å²) in [7, 11) is 0. The Morgan fingerprint density at radius 1 is 1.27 bits per heavy atom. The van der Waals surface area contributed by atoms with Crippen molar-refractivity contribution < 1.29 is 8.78 Å².